The number of para-hydroxylation sites is 1. The SMILES string of the molecule is CC1CC(C)CN(C(=O)c2ccccc2NC(=O)N2CC(=O)NCC2c2ccccc2)C1. The van der Waals surface area contributed by atoms with Crippen LogP contribution in [-0.4, -0.2) is 53.8 Å². The summed E-state index contributed by atoms with van der Waals surface area (Å²) >= 11 is 0. The second-order valence-corrected chi connectivity index (χ2v) is 8.99. The van der Waals surface area contributed by atoms with Crippen LogP contribution in [0, 0.1) is 11.8 Å². The lowest BCUT2D eigenvalue weighted by Crippen LogP contribution is -2.53. The van der Waals surface area contributed by atoms with E-state index < -0.39 is 6.03 Å². The minimum atomic E-state index is -0.394. The van der Waals surface area contributed by atoms with Crippen LogP contribution in [0.5, 0.6) is 0 Å². The van der Waals surface area contributed by atoms with Gasteiger partial charge in [-0.05, 0) is 36.0 Å². The highest BCUT2D eigenvalue weighted by Crippen LogP contribution is 2.27. The highest BCUT2D eigenvalue weighted by Gasteiger charge is 2.33. The van der Waals surface area contributed by atoms with Gasteiger partial charge in [0.25, 0.3) is 5.91 Å². The predicted molar refractivity (Wildman–Crippen MR) is 123 cm³/mol. The number of urea groups is 1. The van der Waals surface area contributed by atoms with Crippen molar-refractivity contribution in [2.45, 2.75) is 26.3 Å². The Kier molecular flexibility index (Phi) is 6.44. The lowest BCUT2D eigenvalue weighted by atomic mass is 9.91. The molecule has 0 aromatic heterocycles. The first kappa shape index (κ1) is 21.9. The molecule has 3 atom stereocenters. The fourth-order valence-electron chi connectivity index (χ4n) is 4.79. The molecule has 32 heavy (non-hydrogen) atoms. The number of hydrogen-bond acceptors (Lipinski definition) is 3. The van der Waals surface area contributed by atoms with Crippen LogP contribution in [0.3, 0.4) is 0 Å². The fourth-order valence-corrected chi connectivity index (χ4v) is 4.79. The number of anilines is 1. The standard InChI is InChI=1S/C25H30N4O3/c1-17-12-18(2)15-28(14-17)24(31)20-10-6-7-11-21(20)27-25(32)29-16-23(30)26-13-22(29)19-8-4-3-5-9-19/h3-11,17-18,22H,12-16H2,1-2H3,(H,26,30)(H,27,32). The number of piperidine rings is 1. The Labute approximate surface area is 188 Å². The van der Waals surface area contributed by atoms with Crippen LogP contribution < -0.4 is 10.6 Å². The number of nitrogens with one attached hydrogen (secondary N) is 2. The normalized spacial score (nSPS) is 23.4. The van der Waals surface area contributed by atoms with Gasteiger partial charge in [-0.25, -0.2) is 4.79 Å². The molecular formula is C25H30N4O3. The van der Waals surface area contributed by atoms with Crippen LogP contribution in [-0.2, 0) is 4.79 Å². The quantitative estimate of drug-likeness (QED) is 0.776. The molecule has 0 radical (unpaired) electrons. The first-order valence-corrected chi connectivity index (χ1v) is 11.2. The molecule has 0 spiro atoms. The largest absolute Gasteiger partial charge is 0.352 e. The van der Waals surface area contributed by atoms with E-state index in [2.05, 4.69) is 24.5 Å². The van der Waals surface area contributed by atoms with Gasteiger partial charge < -0.3 is 20.4 Å². The number of likely N-dealkylation sites (tertiary alicyclic amines) is 1. The van der Waals surface area contributed by atoms with Crippen molar-refractivity contribution in [2.75, 3.05) is 31.5 Å². The summed E-state index contributed by atoms with van der Waals surface area (Å²) in [6, 6.07) is 16.0. The van der Waals surface area contributed by atoms with Gasteiger partial charge in [-0.3, -0.25) is 9.59 Å². The average molecular weight is 435 g/mol. The highest BCUT2D eigenvalue weighted by molar-refractivity contribution is 6.04. The minimum Gasteiger partial charge on any atom is -0.352 e. The number of carbonyl (C=O) groups excluding carboxylic acids is 3. The average Bonchev–Trinajstić information content (AvgIpc) is 2.79. The molecule has 7 nitrogen and oxygen atoms in total. The van der Waals surface area contributed by atoms with Crippen molar-refractivity contribution < 1.29 is 14.4 Å². The molecule has 2 saturated heterocycles. The Hall–Kier alpha value is -3.35. The molecule has 0 bridgehead atoms. The van der Waals surface area contributed by atoms with Gasteiger partial charge in [0, 0.05) is 19.6 Å². The Morgan fingerprint density at radius 3 is 2.34 bits per heavy atom. The van der Waals surface area contributed by atoms with Crippen LogP contribution in [0.15, 0.2) is 54.6 Å². The second-order valence-electron chi connectivity index (χ2n) is 8.99. The first-order valence-electron chi connectivity index (χ1n) is 11.2. The summed E-state index contributed by atoms with van der Waals surface area (Å²) < 4.78 is 0. The number of carbonyl (C=O) groups is 3. The third-order valence-corrected chi connectivity index (χ3v) is 6.18. The number of hydrogen-bond donors (Lipinski definition) is 2. The van der Waals surface area contributed by atoms with Gasteiger partial charge in [-0.1, -0.05) is 56.3 Å². The maximum Gasteiger partial charge on any atom is 0.322 e. The molecule has 4 amide bonds. The smallest absolute Gasteiger partial charge is 0.322 e. The van der Waals surface area contributed by atoms with Crippen molar-refractivity contribution >= 4 is 23.5 Å². The van der Waals surface area contributed by atoms with Crippen LogP contribution in [0.25, 0.3) is 0 Å². The number of rotatable bonds is 3. The lowest BCUT2D eigenvalue weighted by Gasteiger charge is -2.36. The summed E-state index contributed by atoms with van der Waals surface area (Å²) in [5.41, 5.74) is 1.88. The molecule has 2 aliphatic rings. The van der Waals surface area contributed by atoms with E-state index in [1.165, 1.54) is 4.90 Å². The minimum absolute atomic E-state index is 0.0390. The number of piperazine rings is 1. The molecule has 168 valence electrons. The molecule has 3 unspecified atom stereocenters. The topological polar surface area (TPSA) is 81.8 Å². The summed E-state index contributed by atoms with van der Waals surface area (Å²) in [6.07, 6.45) is 1.11. The fraction of sp³-hybridized carbons (Fsp3) is 0.400. The van der Waals surface area contributed by atoms with Crippen LogP contribution >= 0.6 is 0 Å². The van der Waals surface area contributed by atoms with E-state index in [1.54, 1.807) is 24.3 Å². The van der Waals surface area contributed by atoms with Crippen LogP contribution in [0.4, 0.5) is 10.5 Å². The third-order valence-electron chi connectivity index (χ3n) is 6.18. The monoisotopic (exact) mass is 434 g/mol. The number of amides is 4. The van der Waals surface area contributed by atoms with Crippen molar-refractivity contribution in [3.05, 3.63) is 65.7 Å². The van der Waals surface area contributed by atoms with Gasteiger partial charge in [0.15, 0.2) is 0 Å². The molecule has 2 aromatic carbocycles. The van der Waals surface area contributed by atoms with Crippen molar-refractivity contribution in [1.29, 1.82) is 0 Å². The molecule has 0 aliphatic carbocycles. The van der Waals surface area contributed by atoms with E-state index in [0.29, 0.717) is 42.7 Å². The zero-order valence-electron chi connectivity index (χ0n) is 18.6. The molecule has 2 N–H and O–H groups in total. The summed E-state index contributed by atoms with van der Waals surface area (Å²) in [6.45, 7) is 6.06. The summed E-state index contributed by atoms with van der Waals surface area (Å²) in [5, 5.41) is 5.74. The second kappa shape index (κ2) is 9.42. The van der Waals surface area contributed by atoms with Crippen molar-refractivity contribution in [2.24, 2.45) is 11.8 Å². The molecule has 0 saturated carbocycles. The molecule has 2 aromatic rings. The van der Waals surface area contributed by atoms with E-state index in [4.69, 9.17) is 0 Å². The van der Waals surface area contributed by atoms with Gasteiger partial charge in [-0.2, -0.15) is 0 Å². The summed E-state index contributed by atoms with van der Waals surface area (Å²) in [5.74, 6) is 0.620. The molecule has 2 fully saturated rings. The molecule has 4 rings (SSSR count). The van der Waals surface area contributed by atoms with Crippen LogP contribution in [0.2, 0.25) is 0 Å². The van der Waals surface area contributed by atoms with E-state index >= 15 is 0 Å². The molecule has 2 heterocycles. The Morgan fingerprint density at radius 1 is 0.969 bits per heavy atom. The van der Waals surface area contributed by atoms with E-state index in [9.17, 15) is 14.4 Å². The lowest BCUT2D eigenvalue weighted by molar-refractivity contribution is -0.124. The molecule has 2 aliphatic heterocycles. The van der Waals surface area contributed by atoms with Gasteiger partial charge in [0.05, 0.1) is 17.3 Å². The van der Waals surface area contributed by atoms with Crippen LogP contribution in [0.1, 0.15) is 42.2 Å². The van der Waals surface area contributed by atoms with Crippen molar-refractivity contribution in [1.82, 2.24) is 15.1 Å². The van der Waals surface area contributed by atoms with E-state index in [-0.39, 0.29) is 24.4 Å². The summed E-state index contributed by atoms with van der Waals surface area (Å²) in [7, 11) is 0. The molecule has 7 heteroatoms. The predicted octanol–water partition coefficient (Wildman–Crippen LogP) is 3.51. The van der Waals surface area contributed by atoms with Gasteiger partial charge >= 0.3 is 6.03 Å². The third kappa shape index (κ3) is 4.77. The van der Waals surface area contributed by atoms with E-state index in [0.717, 1.165) is 12.0 Å². The maximum atomic E-state index is 13.3. The Morgan fingerprint density at radius 2 is 1.62 bits per heavy atom. The Bertz CT molecular complexity index is 984. The Balaban J connectivity index is 1.55. The zero-order valence-corrected chi connectivity index (χ0v) is 18.6. The van der Waals surface area contributed by atoms with Crippen molar-refractivity contribution in [3.63, 3.8) is 0 Å². The van der Waals surface area contributed by atoms with Crippen molar-refractivity contribution in [3.8, 4) is 0 Å². The number of nitrogens with zero attached hydrogens (tertiary/aromatic N) is 2. The van der Waals surface area contributed by atoms with Gasteiger partial charge in [0.1, 0.15) is 6.54 Å². The first-order chi connectivity index (χ1) is 15.4. The van der Waals surface area contributed by atoms with Gasteiger partial charge in [0.2, 0.25) is 5.91 Å². The molecular weight excluding hydrogens is 404 g/mol. The van der Waals surface area contributed by atoms with E-state index in [1.807, 2.05) is 35.2 Å². The van der Waals surface area contributed by atoms with Gasteiger partial charge in [-0.15, -0.1) is 0 Å². The maximum absolute atomic E-state index is 13.3. The number of benzene rings is 2. The highest BCUT2D eigenvalue weighted by atomic mass is 16.2. The summed E-state index contributed by atoms with van der Waals surface area (Å²) in [4.78, 5) is 42.0. The zero-order chi connectivity index (χ0) is 22.7.